The summed E-state index contributed by atoms with van der Waals surface area (Å²) in [6.07, 6.45) is 1.85. The maximum absolute atomic E-state index is 11.0. The van der Waals surface area contributed by atoms with Crippen molar-refractivity contribution in [1.29, 1.82) is 0 Å². The number of nitrogens with one attached hydrogen (secondary N) is 1. The van der Waals surface area contributed by atoms with Crippen molar-refractivity contribution in [2.45, 2.75) is 19.4 Å². The lowest BCUT2D eigenvalue weighted by Gasteiger charge is -2.14. The third-order valence-corrected chi connectivity index (χ3v) is 4.36. The van der Waals surface area contributed by atoms with Crippen molar-refractivity contribution in [2.75, 3.05) is 18.6 Å². The molecule has 0 saturated carbocycles. The van der Waals surface area contributed by atoms with Gasteiger partial charge >= 0.3 is 0 Å². The van der Waals surface area contributed by atoms with E-state index in [9.17, 15) is 8.42 Å². The maximum atomic E-state index is 11.0. The topological polar surface area (TPSA) is 46.2 Å². The minimum Gasteiger partial charge on any atom is -0.310 e. The highest BCUT2D eigenvalue weighted by Crippen LogP contribution is 2.25. The van der Waals surface area contributed by atoms with Crippen LogP contribution < -0.4 is 5.32 Å². The molecular formula is C12H17Cl2NO2S. The molecule has 0 aliphatic rings. The van der Waals surface area contributed by atoms with Crippen LogP contribution in [0.4, 0.5) is 0 Å². The van der Waals surface area contributed by atoms with Crippen LogP contribution in [0.1, 0.15) is 24.9 Å². The van der Waals surface area contributed by atoms with E-state index >= 15 is 0 Å². The fraction of sp³-hybridized carbons (Fsp3) is 0.500. The van der Waals surface area contributed by atoms with Gasteiger partial charge in [0.05, 0.1) is 15.8 Å². The summed E-state index contributed by atoms with van der Waals surface area (Å²) < 4.78 is 21.9. The van der Waals surface area contributed by atoms with Gasteiger partial charge in [-0.1, -0.05) is 29.3 Å². The molecule has 0 fully saturated rings. The Morgan fingerprint density at radius 1 is 1.28 bits per heavy atom. The predicted octanol–water partition coefficient (Wildman–Crippen LogP) is 3.08. The zero-order valence-electron chi connectivity index (χ0n) is 10.4. The normalized spacial score (nSPS) is 13.6. The Balaban J connectivity index is 2.45. The number of halogens is 2. The third-order valence-electron chi connectivity index (χ3n) is 2.59. The van der Waals surface area contributed by atoms with Gasteiger partial charge < -0.3 is 5.32 Å². The van der Waals surface area contributed by atoms with Crippen LogP contribution >= 0.6 is 23.2 Å². The zero-order valence-corrected chi connectivity index (χ0v) is 12.7. The van der Waals surface area contributed by atoms with Gasteiger partial charge in [-0.25, -0.2) is 8.42 Å². The molecule has 0 bridgehead atoms. The van der Waals surface area contributed by atoms with Crippen molar-refractivity contribution in [1.82, 2.24) is 5.32 Å². The molecule has 0 aliphatic heterocycles. The number of sulfone groups is 1. The Kier molecular flexibility index (Phi) is 5.92. The van der Waals surface area contributed by atoms with Gasteiger partial charge in [-0.3, -0.25) is 0 Å². The zero-order chi connectivity index (χ0) is 13.8. The Morgan fingerprint density at radius 3 is 2.50 bits per heavy atom. The fourth-order valence-electron chi connectivity index (χ4n) is 1.55. The van der Waals surface area contributed by atoms with Crippen LogP contribution in [-0.4, -0.2) is 27.0 Å². The predicted molar refractivity (Wildman–Crippen MR) is 77.2 cm³/mol. The van der Waals surface area contributed by atoms with Crippen LogP contribution in [-0.2, 0) is 9.84 Å². The van der Waals surface area contributed by atoms with Crippen molar-refractivity contribution in [3.8, 4) is 0 Å². The Bertz CT molecular complexity index is 503. The minimum absolute atomic E-state index is 0.110. The van der Waals surface area contributed by atoms with Crippen LogP contribution in [0.2, 0.25) is 10.0 Å². The van der Waals surface area contributed by atoms with Gasteiger partial charge in [0, 0.05) is 12.3 Å². The first kappa shape index (κ1) is 15.8. The first-order valence-corrected chi connectivity index (χ1v) is 8.47. The van der Waals surface area contributed by atoms with Gasteiger partial charge in [0.15, 0.2) is 0 Å². The summed E-state index contributed by atoms with van der Waals surface area (Å²) in [6.45, 7) is 2.65. The van der Waals surface area contributed by atoms with Crippen LogP contribution in [0.25, 0.3) is 0 Å². The highest BCUT2D eigenvalue weighted by molar-refractivity contribution is 7.90. The molecule has 1 unspecified atom stereocenters. The number of benzene rings is 1. The molecular weight excluding hydrogens is 293 g/mol. The molecule has 1 atom stereocenters. The molecule has 0 heterocycles. The number of rotatable bonds is 6. The van der Waals surface area contributed by atoms with Crippen molar-refractivity contribution < 1.29 is 8.42 Å². The lowest BCUT2D eigenvalue weighted by atomic mass is 10.1. The number of hydrogen-bond donors (Lipinski definition) is 1. The first-order valence-electron chi connectivity index (χ1n) is 5.65. The summed E-state index contributed by atoms with van der Waals surface area (Å²) >= 11 is 11.8. The molecule has 0 radical (unpaired) electrons. The summed E-state index contributed by atoms with van der Waals surface area (Å²) in [5.74, 6) is 0.202. The second-order valence-electron chi connectivity index (χ2n) is 4.33. The quantitative estimate of drug-likeness (QED) is 0.821. The summed E-state index contributed by atoms with van der Waals surface area (Å²) in [5.41, 5.74) is 1.03. The van der Waals surface area contributed by atoms with E-state index in [0.717, 1.165) is 5.56 Å². The monoisotopic (exact) mass is 309 g/mol. The Morgan fingerprint density at radius 2 is 1.94 bits per heavy atom. The summed E-state index contributed by atoms with van der Waals surface area (Å²) in [4.78, 5) is 0. The molecule has 1 aromatic carbocycles. The summed E-state index contributed by atoms with van der Waals surface area (Å²) in [7, 11) is -2.88. The lowest BCUT2D eigenvalue weighted by Crippen LogP contribution is -2.21. The fourth-order valence-corrected chi connectivity index (χ4v) is 2.53. The largest absolute Gasteiger partial charge is 0.310 e. The van der Waals surface area contributed by atoms with E-state index in [0.29, 0.717) is 23.0 Å². The molecule has 1 aromatic rings. The molecule has 0 saturated heterocycles. The second-order valence-corrected chi connectivity index (χ2v) is 7.41. The maximum Gasteiger partial charge on any atom is 0.147 e. The van der Waals surface area contributed by atoms with Gasteiger partial charge in [0.2, 0.25) is 0 Å². The highest BCUT2D eigenvalue weighted by Gasteiger charge is 2.08. The molecule has 0 aromatic heterocycles. The van der Waals surface area contributed by atoms with Crippen molar-refractivity contribution in [2.24, 2.45) is 0 Å². The highest BCUT2D eigenvalue weighted by atomic mass is 35.5. The smallest absolute Gasteiger partial charge is 0.147 e. The van der Waals surface area contributed by atoms with Gasteiger partial charge in [0.1, 0.15) is 9.84 Å². The Hall–Kier alpha value is -0.290. The van der Waals surface area contributed by atoms with Gasteiger partial charge in [-0.2, -0.15) is 0 Å². The van der Waals surface area contributed by atoms with Crippen LogP contribution in [0.15, 0.2) is 18.2 Å². The van der Waals surface area contributed by atoms with E-state index in [1.165, 1.54) is 6.26 Å². The van der Waals surface area contributed by atoms with E-state index in [4.69, 9.17) is 23.2 Å². The van der Waals surface area contributed by atoms with Crippen molar-refractivity contribution in [3.63, 3.8) is 0 Å². The van der Waals surface area contributed by atoms with E-state index in [2.05, 4.69) is 5.32 Å². The molecule has 3 nitrogen and oxygen atoms in total. The molecule has 0 aliphatic carbocycles. The summed E-state index contributed by atoms with van der Waals surface area (Å²) in [5, 5.41) is 4.31. The second kappa shape index (κ2) is 6.75. The SMILES string of the molecule is CC(NCCCS(C)(=O)=O)c1ccc(Cl)c(Cl)c1. The van der Waals surface area contributed by atoms with Crippen molar-refractivity contribution >= 4 is 33.0 Å². The van der Waals surface area contributed by atoms with Crippen LogP contribution in [0, 0.1) is 0 Å². The first-order chi connectivity index (χ1) is 8.29. The standard InChI is InChI=1S/C12H17Cl2NO2S/c1-9(15-6-3-7-18(2,16)17)10-4-5-11(13)12(14)8-10/h4-5,8-9,15H,3,6-7H2,1-2H3. The van der Waals surface area contributed by atoms with Crippen molar-refractivity contribution in [3.05, 3.63) is 33.8 Å². The van der Waals surface area contributed by atoms with Gasteiger partial charge in [0.25, 0.3) is 0 Å². The van der Waals surface area contributed by atoms with Gasteiger partial charge in [-0.15, -0.1) is 0 Å². The van der Waals surface area contributed by atoms with E-state index < -0.39 is 9.84 Å². The van der Waals surface area contributed by atoms with E-state index in [-0.39, 0.29) is 11.8 Å². The minimum atomic E-state index is -2.88. The molecule has 1 N–H and O–H groups in total. The van der Waals surface area contributed by atoms with Crippen LogP contribution in [0.3, 0.4) is 0 Å². The van der Waals surface area contributed by atoms with E-state index in [1.807, 2.05) is 19.1 Å². The molecule has 0 spiro atoms. The van der Waals surface area contributed by atoms with Gasteiger partial charge in [-0.05, 0) is 37.6 Å². The molecule has 18 heavy (non-hydrogen) atoms. The summed E-state index contributed by atoms with van der Waals surface area (Å²) in [6, 6.07) is 5.59. The van der Waals surface area contributed by atoms with E-state index in [1.54, 1.807) is 6.07 Å². The third kappa shape index (κ3) is 5.57. The molecule has 1 rings (SSSR count). The number of hydrogen-bond acceptors (Lipinski definition) is 3. The lowest BCUT2D eigenvalue weighted by molar-refractivity contribution is 0.562. The van der Waals surface area contributed by atoms with Crippen LogP contribution in [0.5, 0.6) is 0 Å². The molecule has 102 valence electrons. The average molecular weight is 310 g/mol. The Labute approximate surface area is 118 Å². The molecule has 0 amide bonds. The average Bonchev–Trinajstić information content (AvgIpc) is 2.26. The molecule has 6 heteroatoms.